The first-order valence-corrected chi connectivity index (χ1v) is 10.0. The van der Waals surface area contributed by atoms with Crippen LogP contribution in [0.15, 0.2) is 36.4 Å². The van der Waals surface area contributed by atoms with Crippen LogP contribution in [0.4, 0.5) is 11.4 Å². The van der Waals surface area contributed by atoms with Crippen LogP contribution in [0.1, 0.15) is 5.56 Å². The number of carbonyl (C=O) groups is 1. The van der Waals surface area contributed by atoms with Gasteiger partial charge in [-0.2, -0.15) is 0 Å². The second kappa shape index (κ2) is 8.29. The molecule has 2 heterocycles. The highest BCUT2D eigenvalue weighted by Gasteiger charge is 2.20. The summed E-state index contributed by atoms with van der Waals surface area (Å²) in [6.45, 7) is 5.15. The zero-order chi connectivity index (χ0) is 19.5. The lowest BCUT2D eigenvalue weighted by atomic mass is 10.1. The van der Waals surface area contributed by atoms with Gasteiger partial charge in [0, 0.05) is 5.02 Å². The normalized spacial score (nSPS) is 16.7. The van der Waals surface area contributed by atoms with Gasteiger partial charge in [0.25, 0.3) is 0 Å². The van der Waals surface area contributed by atoms with E-state index in [1.807, 2.05) is 36.4 Å². The molecule has 1 fully saturated rings. The van der Waals surface area contributed by atoms with E-state index in [1.165, 1.54) is 4.90 Å². The van der Waals surface area contributed by atoms with E-state index in [-0.39, 0.29) is 12.3 Å². The lowest BCUT2D eigenvalue weighted by Crippen LogP contribution is -3.12. The van der Waals surface area contributed by atoms with Crippen LogP contribution < -0.4 is 24.6 Å². The van der Waals surface area contributed by atoms with Crippen molar-refractivity contribution in [3.63, 3.8) is 0 Å². The summed E-state index contributed by atoms with van der Waals surface area (Å²) in [5, 5.41) is 3.65. The first-order chi connectivity index (χ1) is 13.6. The molecule has 2 N–H and O–H groups in total. The van der Waals surface area contributed by atoms with Crippen molar-refractivity contribution in [3.05, 3.63) is 47.0 Å². The molecule has 0 aliphatic carbocycles. The first kappa shape index (κ1) is 18.9. The van der Waals surface area contributed by atoms with Gasteiger partial charge in [0.15, 0.2) is 11.5 Å². The summed E-state index contributed by atoms with van der Waals surface area (Å²) in [4.78, 5) is 16.5. The topological polar surface area (TPSA) is 55.2 Å². The van der Waals surface area contributed by atoms with Gasteiger partial charge in [-0.05, 0) is 35.9 Å². The molecule has 28 heavy (non-hydrogen) atoms. The van der Waals surface area contributed by atoms with Crippen LogP contribution in [0.2, 0.25) is 5.02 Å². The van der Waals surface area contributed by atoms with Crippen LogP contribution in [0.25, 0.3) is 0 Å². The minimum absolute atomic E-state index is 0.0834. The van der Waals surface area contributed by atoms with Gasteiger partial charge in [0.2, 0.25) is 5.91 Å². The van der Waals surface area contributed by atoms with E-state index in [4.69, 9.17) is 21.1 Å². The Labute approximate surface area is 170 Å². The predicted molar refractivity (Wildman–Crippen MR) is 110 cm³/mol. The zero-order valence-corrected chi connectivity index (χ0v) is 16.7. The fourth-order valence-corrected chi connectivity index (χ4v) is 3.76. The third kappa shape index (κ3) is 4.34. The second-order valence-electron chi connectivity index (χ2n) is 7.31. The van der Waals surface area contributed by atoms with Crippen molar-refractivity contribution >= 4 is 28.9 Å². The van der Waals surface area contributed by atoms with Gasteiger partial charge in [-0.3, -0.25) is 4.79 Å². The third-order valence-electron chi connectivity index (χ3n) is 5.16. The minimum atomic E-state index is -0.0834. The molecule has 6 nitrogen and oxygen atoms in total. The smallest absolute Gasteiger partial charge is 0.228 e. The van der Waals surface area contributed by atoms with Crippen molar-refractivity contribution in [2.45, 2.75) is 6.42 Å². The van der Waals surface area contributed by atoms with E-state index < -0.39 is 0 Å². The maximum Gasteiger partial charge on any atom is 0.228 e. The highest BCUT2D eigenvalue weighted by atomic mass is 35.5. The van der Waals surface area contributed by atoms with Gasteiger partial charge in [-0.1, -0.05) is 17.7 Å². The van der Waals surface area contributed by atoms with E-state index in [0.717, 1.165) is 48.9 Å². The Balaban J connectivity index is 1.47. The number of likely N-dealkylation sites (N-methyl/N-ethyl adjacent to an activating group) is 1. The molecule has 0 radical (unpaired) electrons. The Morgan fingerprint density at radius 2 is 1.86 bits per heavy atom. The summed E-state index contributed by atoms with van der Waals surface area (Å²) in [6, 6.07) is 11.3. The number of carbonyl (C=O) groups excluding carboxylic acids is 1. The number of quaternary nitrogens is 1. The summed E-state index contributed by atoms with van der Waals surface area (Å²) < 4.78 is 11.1. The molecule has 0 spiro atoms. The van der Waals surface area contributed by atoms with E-state index in [0.29, 0.717) is 24.0 Å². The summed E-state index contributed by atoms with van der Waals surface area (Å²) in [5.41, 5.74) is 2.66. The number of fused-ring (bicyclic) bond motifs is 1. The molecule has 0 atom stereocenters. The number of anilines is 2. The number of ether oxygens (including phenoxy) is 2. The fraction of sp³-hybridized carbons (Fsp3) is 0.381. The molecule has 2 aromatic rings. The lowest BCUT2D eigenvalue weighted by molar-refractivity contribution is -0.880. The highest BCUT2D eigenvalue weighted by Crippen LogP contribution is 2.32. The lowest BCUT2D eigenvalue weighted by Gasteiger charge is -2.33. The Kier molecular flexibility index (Phi) is 5.59. The molecule has 1 amide bonds. The van der Waals surface area contributed by atoms with Gasteiger partial charge in [-0.25, -0.2) is 0 Å². The molecule has 0 bridgehead atoms. The maximum atomic E-state index is 12.7. The van der Waals surface area contributed by atoms with Gasteiger partial charge < -0.3 is 24.6 Å². The summed E-state index contributed by atoms with van der Waals surface area (Å²) in [7, 11) is 2.20. The first-order valence-electron chi connectivity index (χ1n) is 9.63. The molecule has 0 saturated carbocycles. The van der Waals surface area contributed by atoms with Gasteiger partial charge >= 0.3 is 0 Å². The Morgan fingerprint density at radius 3 is 2.64 bits per heavy atom. The average Bonchev–Trinajstić information content (AvgIpc) is 2.69. The summed E-state index contributed by atoms with van der Waals surface area (Å²) >= 11 is 6.20. The van der Waals surface area contributed by atoms with E-state index in [2.05, 4.69) is 17.3 Å². The Morgan fingerprint density at radius 1 is 1.11 bits per heavy atom. The van der Waals surface area contributed by atoms with Crippen molar-refractivity contribution in [2.75, 3.05) is 56.7 Å². The van der Waals surface area contributed by atoms with Crippen molar-refractivity contribution < 1.29 is 19.2 Å². The van der Waals surface area contributed by atoms with Gasteiger partial charge in [-0.15, -0.1) is 0 Å². The minimum Gasteiger partial charge on any atom is -0.486 e. The van der Waals surface area contributed by atoms with Crippen LogP contribution in [-0.4, -0.2) is 52.3 Å². The van der Waals surface area contributed by atoms with Crippen LogP contribution >= 0.6 is 11.6 Å². The third-order valence-corrected chi connectivity index (χ3v) is 5.40. The van der Waals surface area contributed by atoms with E-state index >= 15 is 0 Å². The number of hydrogen-bond acceptors (Lipinski definition) is 4. The van der Waals surface area contributed by atoms with Crippen LogP contribution in [0.5, 0.6) is 11.5 Å². The van der Waals surface area contributed by atoms with Crippen molar-refractivity contribution in [1.82, 2.24) is 0 Å². The number of rotatable bonds is 4. The summed E-state index contributed by atoms with van der Waals surface area (Å²) in [6.07, 6.45) is 0.259. The number of halogens is 1. The number of hydrogen-bond donors (Lipinski definition) is 2. The predicted octanol–water partition coefficient (Wildman–Crippen LogP) is 1.63. The fourth-order valence-electron chi connectivity index (χ4n) is 3.59. The number of benzene rings is 2. The molecular weight excluding hydrogens is 378 g/mol. The molecule has 0 unspecified atom stereocenters. The molecule has 7 heteroatoms. The molecule has 2 aromatic carbocycles. The summed E-state index contributed by atoms with van der Waals surface area (Å²) in [5.74, 6) is 1.34. The van der Waals surface area contributed by atoms with E-state index in [1.54, 1.807) is 0 Å². The Bertz CT molecular complexity index is 866. The number of nitrogens with zero attached hydrogens (tertiary/aromatic N) is 1. The van der Waals surface area contributed by atoms with Crippen molar-refractivity contribution in [1.29, 1.82) is 0 Å². The molecule has 1 saturated heterocycles. The highest BCUT2D eigenvalue weighted by molar-refractivity contribution is 6.31. The number of nitrogens with one attached hydrogen (secondary N) is 2. The van der Waals surface area contributed by atoms with Crippen LogP contribution in [0.3, 0.4) is 0 Å². The largest absolute Gasteiger partial charge is 0.486 e. The molecule has 0 aromatic heterocycles. The Hall–Kier alpha value is -2.44. The standard InChI is InChI=1S/C21H24ClN3O3/c1-24-6-8-25(9-7-24)18-4-3-16(22)14-17(18)23-21(26)13-15-2-5-19-20(12-15)28-11-10-27-19/h2-5,12,14H,6-11,13H2,1H3,(H,23,26)/p+1. The molecule has 148 valence electrons. The molecule has 2 aliphatic heterocycles. The maximum absolute atomic E-state index is 12.7. The SMILES string of the molecule is C[NH+]1CCN(c2ccc(Cl)cc2NC(=O)Cc2ccc3c(c2)OCCO3)CC1. The number of amides is 1. The number of piperazine rings is 1. The van der Waals surface area contributed by atoms with Gasteiger partial charge in [0.1, 0.15) is 13.2 Å². The van der Waals surface area contributed by atoms with Crippen molar-refractivity contribution in [3.8, 4) is 11.5 Å². The zero-order valence-electron chi connectivity index (χ0n) is 16.0. The average molecular weight is 403 g/mol. The quantitative estimate of drug-likeness (QED) is 0.816. The second-order valence-corrected chi connectivity index (χ2v) is 7.75. The van der Waals surface area contributed by atoms with Crippen molar-refractivity contribution in [2.24, 2.45) is 0 Å². The van der Waals surface area contributed by atoms with Crippen LogP contribution in [0, 0.1) is 0 Å². The van der Waals surface area contributed by atoms with Crippen LogP contribution in [-0.2, 0) is 11.2 Å². The molecule has 2 aliphatic rings. The molecule has 4 rings (SSSR count). The molecular formula is C21H25ClN3O3+. The monoisotopic (exact) mass is 402 g/mol. The van der Waals surface area contributed by atoms with E-state index in [9.17, 15) is 4.79 Å². The van der Waals surface area contributed by atoms with Gasteiger partial charge in [0.05, 0.1) is 51.0 Å².